The molecule has 0 heterocycles. The van der Waals surface area contributed by atoms with Gasteiger partial charge in [0.1, 0.15) is 18.2 Å². The topological polar surface area (TPSA) is 135 Å². The Hall–Kier alpha value is -3.43. The van der Waals surface area contributed by atoms with Crippen LogP contribution in [0.4, 0.5) is 4.79 Å². The number of rotatable bonds is 8. The van der Waals surface area contributed by atoms with E-state index in [0.717, 1.165) is 11.1 Å². The quantitative estimate of drug-likeness (QED) is 0.325. The molecule has 0 saturated carbocycles. The highest BCUT2D eigenvalue weighted by Gasteiger charge is 2.25. The summed E-state index contributed by atoms with van der Waals surface area (Å²) in [6, 6.07) is 6.04. The van der Waals surface area contributed by atoms with Crippen LogP contribution < -0.4 is 16.1 Å². The molecule has 164 valence electrons. The summed E-state index contributed by atoms with van der Waals surface area (Å²) in [5.74, 6) is -1.44. The molecule has 1 aromatic carbocycles. The zero-order valence-corrected chi connectivity index (χ0v) is 17.8. The number of nitrogens with zero attached hydrogens (tertiary/aromatic N) is 1. The van der Waals surface area contributed by atoms with Crippen molar-refractivity contribution in [3.63, 3.8) is 0 Å². The number of hydrogen-bond acceptors (Lipinski definition) is 7. The van der Waals surface area contributed by atoms with Gasteiger partial charge in [0.25, 0.3) is 0 Å². The molecule has 1 rings (SSSR count). The van der Waals surface area contributed by atoms with Crippen LogP contribution >= 0.6 is 0 Å². The first kappa shape index (κ1) is 24.6. The van der Waals surface area contributed by atoms with Gasteiger partial charge in [-0.25, -0.2) is 10.2 Å². The molecule has 1 aromatic rings. The van der Waals surface area contributed by atoms with Crippen molar-refractivity contribution in [3.8, 4) is 0 Å². The van der Waals surface area contributed by atoms with E-state index in [4.69, 9.17) is 4.74 Å². The largest absolute Gasteiger partial charge is 0.468 e. The van der Waals surface area contributed by atoms with Gasteiger partial charge in [-0.2, -0.15) is 5.10 Å². The number of amides is 3. The summed E-state index contributed by atoms with van der Waals surface area (Å²) in [6.07, 6.45) is 0.889. The second kappa shape index (κ2) is 11.5. The lowest BCUT2D eigenvalue weighted by molar-refractivity contribution is -0.141. The van der Waals surface area contributed by atoms with Gasteiger partial charge in [0.05, 0.1) is 13.3 Å². The molecule has 3 N–H and O–H groups in total. The monoisotopic (exact) mass is 420 g/mol. The molecule has 0 bridgehead atoms. The smallest absolute Gasteiger partial charge is 0.408 e. The van der Waals surface area contributed by atoms with Gasteiger partial charge in [-0.3, -0.25) is 14.4 Å². The van der Waals surface area contributed by atoms with Crippen LogP contribution in [0.5, 0.6) is 0 Å². The van der Waals surface area contributed by atoms with Crippen LogP contribution in [-0.2, 0) is 30.3 Å². The van der Waals surface area contributed by atoms with Gasteiger partial charge in [-0.1, -0.05) is 24.3 Å². The fraction of sp³-hybridized carbons (Fsp3) is 0.450. The van der Waals surface area contributed by atoms with E-state index in [1.165, 1.54) is 20.2 Å². The van der Waals surface area contributed by atoms with Crippen LogP contribution in [-0.4, -0.2) is 55.4 Å². The number of hydrogen-bond donors (Lipinski definition) is 3. The van der Waals surface area contributed by atoms with Gasteiger partial charge in [-0.05, 0) is 31.9 Å². The van der Waals surface area contributed by atoms with Crippen molar-refractivity contribution in [1.82, 2.24) is 16.1 Å². The number of methoxy groups -OCH3 is 1. The lowest BCUT2D eigenvalue weighted by atomic mass is 10.0. The standard InChI is InChI=1S/C20H28N4O6/c1-13(25)24-22-11-15-8-6-14(7-9-15)10-16(18(27)21-12-17(26)29-5)23-19(28)30-20(2,3)4/h6-9,11,16H,10,12H2,1-5H3,(H,21,27)(H,23,28)(H,24,25). The number of alkyl carbamates (subject to hydrolysis) is 1. The molecule has 1 atom stereocenters. The van der Waals surface area contributed by atoms with E-state index in [1.807, 2.05) is 0 Å². The summed E-state index contributed by atoms with van der Waals surface area (Å²) >= 11 is 0. The second-order valence-corrected chi connectivity index (χ2v) is 7.36. The van der Waals surface area contributed by atoms with Crippen molar-refractivity contribution in [3.05, 3.63) is 35.4 Å². The first-order valence-corrected chi connectivity index (χ1v) is 9.23. The molecule has 0 aliphatic carbocycles. The maximum absolute atomic E-state index is 12.5. The molecule has 1 unspecified atom stereocenters. The number of esters is 1. The van der Waals surface area contributed by atoms with E-state index in [2.05, 4.69) is 25.9 Å². The molecular formula is C20H28N4O6. The summed E-state index contributed by atoms with van der Waals surface area (Å²) in [5, 5.41) is 8.73. The predicted molar refractivity (Wildman–Crippen MR) is 110 cm³/mol. The lowest BCUT2D eigenvalue weighted by Gasteiger charge is -2.23. The van der Waals surface area contributed by atoms with E-state index >= 15 is 0 Å². The Morgan fingerprint density at radius 2 is 1.77 bits per heavy atom. The van der Waals surface area contributed by atoms with Gasteiger partial charge in [-0.15, -0.1) is 0 Å². The number of ether oxygens (including phenoxy) is 2. The summed E-state index contributed by atoms with van der Waals surface area (Å²) in [4.78, 5) is 46.7. The number of nitrogens with one attached hydrogen (secondary N) is 3. The van der Waals surface area contributed by atoms with Crippen molar-refractivity contribution in [2.24, 2.45) is 5.10 Å². The van der Waals surface area contributed by atoms with E-state index in [0.29, 0.717) is 0 Å². The van der Waals surface area contributed by atoms with Crippen molar-refractivity contribution in [2.45, 2.75) is 45.8 Å². The van der Waals surface area contributed by atoms with Crippen LogP contribution in [0.1, 0.15) is 38.8 Å². The molecule has 10 heteroatoms. The molecule has 0 aliphatic heterocycles. The first-order valence-electron chi connectivity index (χ1n) is 9.23. The Balaban J connectivity index is 2.86. The average molecular weight is 420 g/mol. The molecule has 0 radical (unpaired) electrons. The van der Waals surface area contributed by atoms with Gasteiger partial charge in [0.2, 0.25) is 11.8 Å². The van der Waals surface area contributed by atoms with Crippen LogP contribution in [0, 0.1) is 0 Å². The van der Waals surface area contributed by atoms with Crippen LogP contribution in [0.2, 0.25) is 0 Å². The molecule has 0 aliphatic rings. The zero-order valence-electron chi connectivity index (χ0n) is 17.8. The number of carbonyl (C=O) groups is 4. The molecule has 0 spiro atoms. The van der Waals surface area contributed by atoms with E-state index in [-0.39, 0.29) is 18.9 Å². The van der Waals surface area contributed by atoms with Crippen LogP contribution in [0.3, 0.4) is 0 Å². The molecule has 0 aromatic heterocycles. The van der Waals surface area contributed by atoms with E-state index in [1.54, 1.807) is 45.0 Å². The highest BCUT2D eigenvalue weighted by molar-refractivity contribution is 5.88. The fourth-order valence-corrected chi connectivity index (χ4v) is 2.19. The maximum Gasteiger partial charge on any atom is 0.408 e. The summed E-state index contributed by atoms with van der Waals surface area (Å²) in [5.41, 5.74) is 3.06. The summed E-state index contributed by atoms with van der Waals surface area (Å²) < 4.78 is 9.71. The fourth-order valence-electron chi connectivity index (χ4n) is 2.19. The highest BCUT2D eigenvalue weighted by atomic mass is 16.6. The Kier molecular flexibility index (Phi) is 9.47. The average Bonchev–Trinajstić information content (AvgIpc) is 2.64. The van der Waals surface area contributed by atoms with Crippen LogP contribution in [0.25, 0.3) is 0 Å². The number of hydrazone groups is 1. The van der Waals surface area contributed by atoms with Gasteiger partial charge in [0.15, 0.2) is 0 Å². The van der Waals surface area contributed by atoms with Crippen molar-refractivity contribution in [2.75, 3.05) is 13.7 Å². The first-order chi connectivity index (χ1) is 14.0. The molecular weight excluding hydrogens is 392 g/mol. The van der Waals surface area contributed by atoms with Crippen molar-refractivity contribution >= 4 is 30.1 Å². The van der Waals surface area contributed by atoms with E-state index < -0.39 is 29.6 Å². The summed E-state index contributed by atoms with van der Waals surface area (Å²) in [7, 11) is 1.21. The Labute approximate surface area is 175 Å². The minimum atomic E-state index is -0.969. The molecule has 30 heavy (non-hydrogen) atoms. The Morgan fingerprint density at radius 3 is 2.30 bits per heavy atom. The zero-order chi connectivity index (χ0) is 22.7. The van der Waals surface area contributed by atoms with Crippen molar-refractivity contribution < 1.29 is 28.7 Å². The molecule has 0 fully saturated rings. The minimum Gasteiger partial charge on any atom is -0.468 e. The summed E-state index contributed by atoms with van der Waals surface area (Å²) in [6.45, 7) is 6.16. The third-order valence-electron chi connectivity index (χ3n) is 3.50. The molecule has 3 amide bonds. The Bertz CT molecular complexity index is 783. The predicted octanol–water partition coefficient (Wildman–Crippen LogP) is 0.882. The molecule has 0 saturated heterocycles. The number of carbonyl (C=O) groups excluding carboxylic acids is 4. The van der Waals surface area contributed by atoms with Crippen molar-refractivity contribution in [1.29, 1.82) is 0 Å². The lowest BCUT2D eigenvalue weighted by Crippen LogP contribution is -2.50. The van der Waals surface area contributed by atoms with Gasteiger partial charge < -0.3 is 20.1 Å². The highest BCUT2D eigenvalue weighted by Crippen LogP contribution is 2.09. The van der Waals surface area contributed by atoms with E-state index in [9.17, 15) is 19.2 Å². The minimum absolute atomic E-state index is 0.162. The van der Waals surface area contributed by atoms with Gasteiger partial charge >= 0.3 is 12.1 Å². The second-order valence-electron chi connectivity index (χ2n) is 7.36. The number of benzene rings is 1. The third kappa shape index (κ3) is 10.2. The Morgan fingerprint density at radius 1 is 1.13 bits per heavy atom. The molecule has 10 nitrogen and oxygen atoms in total. The third-order valence-corrected chi connectivity index (χ3v) is 3.50. The SMILES string of the molecule is COC(=O)CNC(=O)C(Cc1ccc(C=NNC(C)=O)cc1)NC(=O)OC(C)(C)C. The normalized spacial score (nSPS) is 12.0. The maximum atomic E-state index is 12.5. The van der Waals surface area contributed by atoms with Crippen LogP contribution in [0.15, 0.2) is 29.4 Å². The van der Waals surface area contributed by atoms with Gasteiger partial charge in [0, 0.05) is 13.3 Å².